The zero-order chi connectivity index (χ0) is 15.9. The van der Waals surface area contributed by atoms with Crippen molar-refractivity contribution in [3.63, 3.8) is 0 Å². The van der Waals surface area contributed by atoms with Crippen LogP contribution >= 0.6 is 0 Å². The van der Waals surface area contributed by atoms with Gasteiger partial charge in [-0.2, -0.15) is 0 Å². The molecule has 2 heterocycles. The van der Waals surface area contributed by atoms with E-state index in [1.165, 1.54) is 0 Å². The van der Waals surface area contributed by atoms with E-state index in [0.717, 1.165) is 11.3 Å². The lowest BCUT2D eigenvalue weighted by Gasteiger charge is -2.34. The zero-order valence-electron chi connectivity index (χ0n) is 13.0. The lowest BCUT2D eigenvalue weighted by Crippen LogP contribution is -2.51. The van der Waals surface area contributed by atoms with Crippen LogP contribution in [0.4, 0.5) is 10.5 Å². The Labute approximate surface area is 130 Å². The van der Waals surface area contributed by atoms with Crippen LogP contribution in [-0.2, 0) is 9.53 Å². The molecule has 120 valence electrons. The first-order valence-corrected chi connectivity index (χ1v) is 7.35. The van der Waals surface area contributed by atoms with E-state index in [1.807, 2.05) is 6.92 Å². The molecule has 2 rings (SSSR count). The largest absolute Gasteiger partial charge is 0.384 e. The fraction of sp³-hybridized carbons (Fsp3) is 0.533. The van der Waals surface area contributed by atoms with Crippen LogP contribution in [-0.4, -0.2) is 66.6 Å². The standard InChI is InChI=1S/C15H22N4O3/c1-12-11-16-5-3-13(12)17-15(21)19-8-6-18(7-9-19)14(20)4-10-22-2/h3,5,11H,4,6-10H2,1-2H3,(H,16,17,21). The number of methoxy groups -OCH3 is 1. The smallest absolute Gasteiger partial charge is 0.321 e. The Morgan fingerprint density at radius 3 is 2.59 bits per heavy atom. The summed E-state index contributed by atoms with van der Waals surface area (Å²) in [5, 5.41) is 2.88. The molecule has 22 heavy (non-hydrogen) atoms. The Hall–Kier alpha value is -2.15. The Morgan fingerprint density at radius 1 is 1.27 bits per heavy atom. The van der Waals surface area contributed by atoms with Gasteiger partial charge in [0.05, 0.1) is 13.0 Å². The summed E-state index contributed by atoms with van der Waals surface area (Å²) in [6.45, 7) is 4.52. The molecule has 7 heteroatoms. The third-order valence-corrected chi connectivity index (χ3v) is 3.70. The fourth-order valence-corrected chi connectivity index (χ4v) is 2.31. The van der Waals surface area contributed by atoms with Gasteiger partial charge in [0, 0.05) is 51.4 Å². The van der Waals surface area contributed by atoms with Gasteiger partial charge >= 0.3 is 6.03 Å². The molecule has 1 fully saturated rings. The van der Waals surface area contributed by atoms with Crippen LogP contribution in [0.15, 0.2) is 18.5 Å². The van der Waals surface area contributed by atoms with Gasteiger partial charge in [-0.15, -0.1) is 0 Å². The second-order valence-corrected chi connectivity index (χ2v) is 5.23. The van der Waals surface area contributed by atoms with E-state index in [0.29, 0.717) is 39.2 Å². The van der Waals surface area contributed by atoms with Gasteiger partial charge < -0.3 is 19.9 Å². The summed E-state index contributed by atoms with van der Waals surface area (Å²) >= 11 is 0. The van der Waals surface area contributed by atoms with Gasteiger partial charge in [-0.05, 0) is 18.6 Å². The maximum atomic E-state index is 12.2. The lowest BCUT2D eigenvalue weighted by atomic mass is 10.2. The number of carbonyl (C=O) groups excluding carboxylic acids is 2. The van der Waals surface area contributed by atoms with E-state index in [2.05, 4.69) is 10.3 Å². The van der Waals surface area contributed by atoms with Crippen molar-refractivity contribution < 1.29 is 14.3 Å². The molecular formula is C15H22N4O3. The Bertz CT molecular complexity index is 527. The lowest BCUT2D eigenvalue weighted by molar-refractivity contribution is -0.133. The average Bonchev–Trinajstić information content (AvgIpc) is 2.55. The third kappa shape index (κ3) is 4.17. The van der Waals surface area contributed by atoms with Gasteiger partial charge in [-0.3, -0.25) is 9.78 Å². The van der Waals surface area contributed by atoms with Gasteiger partial charge in [-0.1, -0.05) is 0 Å². The highest BCUT2D eigenvalue weighted by Gasteiger charge is 2.24. The van der Waals surface area contributed by atoms with Crippen LogP contribution in [0.5, 0.6) is 0 Å². The number of nitrogens with one attached hydrogen (secondary N) is 1. The van der Waals surface area contributed by atoms with Crippen molar-refractivity contribution in [2.24, 2.45) is 0 Å². The number of hydrogen-bond acceptors (Lipinski definition) is 4. The van der Waals surface area contributed by atoms with Crippen LogP contribution < -0.4 is 5.32 Å². The van der Waals surface area contributed by atoms with Crippen LogP contribution in [0.3, 0.4) is 0 Å². The number of anilines is 1. The van der Waals surface area contributed by atoms with Crippen LogP contribution in [0.2, 0.25) is 0 Å². The summed E-state index contributed by atoms with van der Waals surface area (Å²) in [7, 11) is 1.58. The number of aromatic nitrogens is 1. The Balaban J connectivity index is 1.82. The molecule has 1 saturated heterocycles. The summed E-state index contributed by atoms with van der Waals surface area (Å²) < 4.78 is 4.91. The quantitative estimate of drug-likeness (QED) is 0.904. The normalized spacial score (nSPS) is 14.8. The van der Waals surface area contributed by atoms with Crippen molar-refractivity contribution in [3.8, 4) is 0 Å². The predicted molar refractivity (Wildman–Crippen MR) is 82.6 cm³/mol. The number of piperazine rings is 1. The molecule has 1 aromatic heterocycles. The molecule has 0 unspecified atom stereocenters. The van der Waals surface area contributed by atoms with Crippen LogP contribution in [0.1, 0.15) is 12.0 Å². The number of nitrogens with zero attached hydrogens (tertiary/aromatic N) is 3. The summed E-state index contributed by atoms with van der Waals surface area (Å²) in [4.78, 5) is 31.6. The minimum absolute atomic E-state index is 0.0758. The molecule has 0 aliphatic carbocycles. The van der Waals surface area contributed by atoms with Gasteiger partial charge in [-0.25, -0.2) is 4.79 Å². The molecule has 1 aliphatic rings. The van der Waals surface area contributed by atoms with E-state index < -0.39 is 0 Å². The fourth-order valence-electron chi connectivity index (χ4n) is 2.31. The summed E-state index contributed by atoms with van der Waals surface area (Å²) in [5.74, 6) is 0.0758. The molecule has 0 atom stereocenters. The number of ether oxygens (including phenoxy) is 1. The number of aryl methyl sites for hydroxylation is 1. The third-order valence-electron chi connectivity index (χ3n) is 3.70. The number of hydrogen-bond donors (Lipinski definition) is 1. The Kier molecular flexibility index (Phi) is 5.71. The molecule has 3 amide bonds. The molecule has 0 aromatic carbocycles. The molecule has 0 saturated carbocycles. The molecular weight excluding hydrogens is 284 g/mol. The molecule has 1 aliphatic heterocycles. The maximum absolute atomic E-state index is 12.2. The highest BCUT2D eigenvalue weighted by atomic mass is 16.5. The SMILES string of the molecule is COCCC(=O)N1CCN(C(=O)Nc2ccncc2C)CC1. The van der Waals surface area contributed by atoms with Crippen LogP contribution in [0, 0.1) is 6.92 Å². The predicted octanol–water partition coefficient (Wildman–Crippen LogP) is 1.10. The number of pyridine rings is 1. The molecule has 1 N–H and O–H groups in total. The van der Waals surface area contributed by atoms with E-state index in [9.17, 15) is 9.59 Å². The van der Waals surface area contributed by atoms with Crippen molar-refractivity contribution in [1.82, 2.24) is 14.8 Å². The van der Waals surface area contributed by atoms with Gasteiger partial charge in [0.15, 0.2) is 0 Å². The second-order valence-electron chi connectivity index (χ2n) is 5.23. The van der Waals surface area contributed by atoms with E-state index in [4.69, 9.17) is 4.74 Å². The van der Waals surface area contributed by atoms with Crippen molar-refractivity contribution in [2.75, 3.05) is 45.2 Å². The first-order chi connectivity index (χ1) is 10.6. The van der Waals surface area contributed by atoms with Gasteiger partial charge in [0.2, 0.25) is 5.91 Å². The number of urea groups is 1. The summed E-state index contributed by atoms with van der Waals surface area (Å²) in [5.41, 5.74) is 1.68. The first-order valence-electron chi connectivity index (χ1n) is 7.35. The van der Waals surface area contributed by atoms with E-state index in [1.54, 1.807) is 35.4 Å². The van der Waals surface area contributed by atoms with Crippen molar-refractivity contribution in [3.05, 3.63) is 24.0 Å². The summed E-state index contributed by atoms with van der Waals surface area (Å²) in [6, 6.07) is 1.64. The monoisotopic (exact) mass is 306 g/mol. The minimum atomic E-state index is -0.140. The molecule has 1 aromatic rings. The highest BCUT2D eigenvalue weighted by molar-refractivity contribution is 5.90. The molecule has 0 spiro atoms. The topological polar surface area (TPSA) is 74.8 Å². The number of amides is 3. The average molecular weight is 306 g/mol. The number of rotatable bonds is 4. The molecule has 0 radical (unpaired) electrons. The minimum Gasteiger partial charge on any atom is -0.384 e. The second kappa shape index (κ2) is 7.74. The Morgan fingerprint density at radius 2 is 1.95 bits per heavy atom. The van der Waals surface area contributed by atoms with E-state index in [-0.39, 0.29) is 11.9 Å². The molecule has 0 bridgehead atoms. The van der Waals surface area contributed by atoms with Crippen molar-refractivity contribution in [2.45, 2.75) is 13.3 Å². The zero-order valence-corrected chi connectivity index (χ0v) is 13.0. The van der Waals surface area contributed by atoms with Crippen molar-refractivity contribution >= 4 is 17.6 Å². The first kappa shape index (κ1) is 16.2. The number of carbonyl (C=O) groups is 2. The highest BCUT2D eigenvalue weighted by Crippen LogP contribution is 2.13. The van der Waals surface area contributed by atoms with Crippen molar-refractivity contribution in [1.29, 1.82) is 0 Å². The van der Waals surface area contributed by atoms with E-state index >= 15 is 0 Å². The summed E-state index contributed by atoms with van der Waals surface area (Å²) in [6.07, 6.45) is 3.75. The molecule has 7 nitrogen and oxygen atoms in total. The van der Waals surface area contributed by atoms with Crippen LogP contribution in [0.25, 0.3) is 0 Å². The maximum Gasteiger partial charge on any atom is 0.321 e. The van der Waals surface area contributed by atoms with Gasteiger partial charge in [0.25, 0.3) is 0 Å². The van der Waals surface area contributed by atoms with Gasteiger partial charge in [0.1, 0.15) is 0 Å².